The summed E-state index contributed by atoms with van der Waals surface area (Å²) >= 11 is 0. The van der Waals surface area contributed by atoms with Crippen LogP contribution in [0.4, 0.5) is 0 Å². The predicted molar refractivity (Wildman–Crippen MR) is 94.9 cm³/mol. The number of aryl methyl sites for hydroxylation is 3. The smallest absolute Gasteiger partial charge is 0.257 e. The summed E-state index contributed by atoms with van der Waals surface area (Å²) in [7, 11) is 0. The molecule has 1 aliphatic rings. The fourth-order valence-electron chi connectivity index (χ4n) is 3.30. The lowest BCUT2D eigenvalue weighted by molar-refractivity contribution is -0.123. The van der Waals surface area contributed by atoms with Gasteiger partial charge in [0.25, 0.3) is 5.91 Å². The molecular weight excluding hydrogens is 334 g/mol. The number of ether oxygens (including phenoxy) is 1. The van der Waals surface area contributed by atoms with Crippen molar-refractivity contribution in [2.75, 3.05) is 13.2 Å². The molecule has 2 aromatic rings. The van der Waals surface area contributed by atoms with Gasteiger partial charge in [0.1, 0.15) is 5.75 Å². The summed E-state index contributed by atoms with van der Waals surface area (Å²) in [6, 6.07) is 5.89. The molecule has 0 radical (unpaired) electrons. The minimum atomic E-state index is -0.493. The SMILES string of the molecule is Cc1ccc(C)c(OCC(=O)NC[C@H]2C[C@H](c3nc(C)no3)C[C@H]2O)c1. The molecule has 0 bridgehead atoms. The van der Waals surface area contributed by atoms with E-state index in [1.54, 1.807) is 6.92 Å². The van der Waals surface area contributed by atoms with Gasteiger partial charge in [0.05, 0.1) is 6.10 Å². The molecule has 2 N–H and O–H groups in total. The van der Waals surface area contributed by atoms with Crippen molar-refractivity contribution in [3.8, 4) is 5.75 Å². The van der Waals surface area contributed by atoms with E-state index < -0.39 is 6.10 Å². The van der Waals surface area contributed by atoms with Crippen LogP contribution in [0.15, 0.2) is 22.7 Å². The molecule has 7 nitrogen and oxygen atoms in total. The van der Waals surface area contributed by atoms with Crippen LogP contribution < -0.4 is 10.1 Å². The number of amides is 1. The third kappa shape index (κ3) is 4.40. The molecule has 1 aromatic heterocycles. The number of aliphatic hydroxyl groups is 1. The number of rotatable bonds is 6. The first-order chi connectivity index (χ1) is 12.4. The molecule has 7 heteroatoms. The summed E-state index contributed by atoms with van der Waals surface area (Å²) in [5.74, 6) is 1.68. The van der Waals surface area contributed by atoms with Gasteiger partial charge in [-0.05, 0) is 50.8 Å². The fourth-order valence-corrected chi connectivity index (χ4v) is 3.30. The van der Waals surface area contributed by atoms with Crippen molar-refractivity contribution in [1.82, 2.24) is 15.5 Å². The molecule has 26 heavy (non-hydrogen) atoms. The van der Waals surface area contributed by atoms with E-state index in [0.29, 0.717) is 36.9 Å². The normalized spacial score (nSPS) is 22.4. The zero-order valence-corrected chi connectivity index (χ0v) is 15.4. The van der Waals surface area contributed by atoms with Crippen LogP contribution in [0.2, 0.25) is 0 Å². The standard InChI is InChI=1S/C19H25N3O4/c1-11-4-5-12(2)17(6-11)25-10-18(24)20-9-15-7-14(8-16(15)23)19-21-13(3)22-26-19/h4-6,14-16,23H,7-10H2,1-3H3,(H,20,24)/t14-,15+,16+/m0/s1. The van der Waals surface area contributed by atoms with Crippen LogP contribution in [0, 0.1) is 26.7 Å². The highest BCUT2D eigenvalue weighted by atomic mass is 16.5. The zero-order valence-electron chi connectivity index (χ0n) is 15.4. The van der Waals surface area contributed by atoms with Gasteiger partial charge in [-0.2, -0.15) is 4.98 Å². The van der Waals surface area contributed by atoms with E-state index in [0.717, 1.165) is 11.1 Å². The summed E-state index contributed by atoms with van der Waals surface area (Å²) in [5, 5.41) is 16.9. The molecule has 0 spiro atoms. The van der Waals surface area contributed by atoms with Crippen molar-refractivity contribution in [3.05, 3.63) is 41.0 Å². The third-order valence-corrected chi connectivity index (χ3v) is 4.81. The average molecular weight is 359 g/mol. The summed E-state index contributed by atoms with van der Waals surface area (Å²) in [5.41, 5.74) is 2.08. The molecule has 0 aliphatic heterocycles. The Morgan fingerprint density at radius 3 is 2.88 bits per heavy atom. The Bertz CT molecular complexity index is 774. The van der Waals surface area contributed by atoms with Gasteiger partial charge in [-0.25, -0.2) is 0 Å². The largest absolute Gasteiger partial charge is 0.483 e. The summed E-state index contributed by atoms with van der Waals surface area (Å²) < 4.78 is 10.8. The molecule has 1 amide bonds. The van der Waals surface area contributed by atoms with E-state index in [2.05, 4.69) is 15.5 Å². The molecule has 1 aromatic carbocycles. The minimum Gasteiger partial charge on any atom is -0.483 e. The van der Waals surface area contributed by atoms with Crippen molar-refractivity contribution in [2.24, 2.45) is 5.92 Å². The first-order valence-corrected chi connectivity index (χ1v) is 8.87. The van der Waals surface area contributed by atoms with Gasteiger partial charge in [0, 0.05) is 18.4 Å². The van der Waals surface area contributed by atoms with Crippen LogP contribution in [-0.2, 0) is 4.79 Å². The van der Waals surface area contributed by atoms with Gasteiger partial charge in [-0.1, -0.05) is 17.3 Å². The highest BCUT2D eigenvalue weighted by molar-refractivity contribution is 5.77. The predicted octanol–water partition coefficient (Wildman–Crippen LogP) is 2.04. The van der Waals surface area contributed by atoms with Crippen molar-refractivity contribution < 1.29 is 19.2 Å². The van der Waals surface area contributed by atoms with Crippen LogP contribution in [0.1, 0.15) is 41.6 Å². The maximum absolute atomic E-state index is 12.1. The first-order valence-electron chi connectivity index (χ1n) is 8.87. The number of benzene rings is 1. The lowest BCUT2D eigenvalue weighted by atomic mass is 10.0. The number of carbonyl (C=O) groups is 1. The number of aliphatic hydroxyl groups excluding tert-OH is 1. The van der Waals surface area contributed by atoms with E-state index in [-0.39, 0.29) is 24.3 Å². The molecule has 1 heterocycles. The third-order valence-electron chi connectivity index (χ3n) is 4.81. The average Bonchev–Trinajstić information content (AvgIpc) is 3.19. The van der Waals surface area contributed by atoms with Gasteiger partial charge in [0.2, 0.25) is 5.89 Å². The molecule has 0 unspecified atom stereocenters. The molecule has 1 fully saturated rings. The van der Waals surface area contributed by atoms with Gasteiger partial charge < -0.3 is 19.7 Å². The van der Waals surface area contributed by atoms with Crippen LogP contribution in [0.5, 0.6) is 5.75 Å². The molecule has 3 atom stereocenters. The maximum atomic E-state index is 12.1. The Balaban J connectivity index is 1.46. The minimum absolute atomic E-state index is 0.0307. The molecule has 3 rings (SSSR count). The second-order valence-electron chi connectivity index (χ2n) is 7.04. The summed E-state index contributed by atoms with van der Waals surface area (Å²) in [6.45, 7) is 6.06. The van der Waals surface area contributed by atoms with E-state index in [4.69, 9.17) is 9.26 Å². The molecular formula is C19H25N3O4. The summed E-state index contributed by atoms with van der Waals surface area (Å²) in [6.07, 6.45) is 0.787. The number of nitrogens with zero attached hydrogens (tertiary/aromatic N) is 2. The van der Waals surface area contributed by atoms with Gasteiger partial charge in [0.15, 0.2) is 12.4 Å². The van der Waals surface area contributed by atoms with Crippen molar-refractivity contribution in [2.45, 2.75) is 45.6 Å². The molecule has 140 valence electrons. The molecule has 1 saturated carbocycles. The second-order valence-corrected chi connectivity index (χ2v) is 7.04. The van der Waals surface area contributed by atoms with Gasteiger partial charge in [-0.15, -0.1) is 0 Å². The second kappa shape index (κ2) is 7.86. The van der Waals surface area contributed by atoms with Crippen molar-refractivity contribution in [3.63, 3.8) is 0 Å². The van der Waals surface area contributed by atoms with E-state index >= 15 is 0 Å². The van der Waals surface area contributed by atoms with Crippen LogP contribution in [0.25, 0.3) is 0 Å². The lowest BCUT2D eigenvalue weighted by Gasteiger charge is -2.15. The Labute approximate surface area is 152 Å². The van der Waals surface area contributed by atoms with E-state index in [1.807, 2.05) is 32.0 Å². The monoisotopic (exact) mass is 359 g/mol. The van der Waals surface area contributed by atoms with Gasteiger partial charge >= 0.3 is 0 Å². The lowest BCUT2D eigenvalue weighted by Crippen LogP contribution is -2.35. The quantitative estimate of drug-likeness (QED) is 0.819. The Morgan fingerprint density at radius 2 is 2.15 bits per heavy atom. The van der Waals surface area contributed by atoms with E-state index in [1.165, 1.54) is 0 Å². The Kier molecular flexibility index (Phi) is 5.56. The molecule has 0 saturated heterocycles. The number of hydrogen-bond acceptors (Lipinski definition) is 6. The highest BCUT2D eigenvalue weighted by Crippen LogP contribution is 2.37. The number of aromatic nitrogens is 2. The van der Waals surface area contributed by atoms with Crippen LogP contribution in [0.3, 0.4) is 0 Å². The van der Waals surface area contributed by atoms with Crippen LogP contribution in [-0.4, -0.2) is 40.4 Å². The number of carbonyl (C=O) groups excluding carboxylic acids is 1. The fraction of sp³-hybridized carbons (Fsp3) is 0.526. The Morgan fingerprint density at radius 1 is 1.35 bits per heavy atom. The zero-order chi connectivity index (χ0) is 18.7. The number of hydrogen-bond donors (Lipinski definition) is 2. The topological polar surface area (TPSA) is 97.5 Å². The number of nitrogens with one attached hydrogen (secondary N) is 1. The van der Waals surface area contributed by atoms with Crippen LogP contribution >= 0.6 is 0 Å². The highest BCUT2D eigenvalue weighted by Gasteiger charge is 2.36. The van der Waals surface area contributed by atoms with Crippen molar-refractivity contribution >= 4 is 5.91 Å². The Hall–Kier alpha value is -2.41. The first kappa shape index (κ1) is 18.4. The summed E-state index contributed by atoms with van der Waals surface area (Å²) in [4.78, 5) is 16.3. The van der Waals surface area contributed by atoms with Crippen molar-refractivity contribution in [1.29, 1.82) is 0 Å². The van der Waals surface area contributed by atoms with Gasteiger partial charge in [-0.3, -0.25) is 4.79 Å². The van der Waals surface area contributed by atoms with E-state index in [9.17, 15) is 9.90 Å². The maximum Gasteiger partial charge on any atom is 0.257 e. The molecule has 1 aliphatic carbocycles.